The third kappa shape index (κ3) is 4.73. The molecule has 2 rings (SSSR count). The Balaban J connectivity index is 2.09. The van der Waals surface area contributed by atoms with E-state index in [2.05, 4.69) is 28.2 Å². The van der Waals surface area contributed by atoms with Gasteiger partial charge in [0.15, 0.2) is 0 Å². The van der Waals surface area contributed by atoms with Crippen LogP contribution in [0.3, 0.4) is 0 Å². The first-order valence-electron chi connectivity index (χ1n) is 7.52. The number of methoxy groups -OCH3 is 1. The Labute approximate surface area is 144 Å². The van der Waals surface area contributed by atoms with Crippen molar-refractivity contribution in [3.63, 3.8) is 0 Å². The maximum atomic E-state index is 12.4. The topological polar surface area (TPSA) is 47.6 Å². The monoisotopic (exact) mass is 377 g/mol. The van der Waals surface area contributed by atoms with Gasteiger partial charge in [0, 0.05) is 5.56 Å². The Hall–Kier alpha value is -2.01. The number of hydrogen-bond donors (Lipinski definition) is 1. The minimum atomic E-state index is -0.199. The molecule has 4 nitrogen and oxygen atoms in total. The molecule has 0 saturated carbocycles. The highest BCUT2D eigenvalue weighted by Crippen LogP contribution is 2.28. The highest BCUT2D eigenvalue weighted by molar-refractivity contribution is 9.10. The molecule has 0 fully saturated rings. The standard InChI is InChI=1S/C18H20BrNO3/c1-3-4-11-23-16-10-9-13(12-14(16)19)18(21)20-15-7-5-6-8-17(15)22-2/h5-10,12H,3-4,11H2,1-2H3,(H,20,21). The molecule has 122 valence electrons. The molecule has 2 aromatic carbocycles. The summed E-state index contributed by atoms with van der Waals surface area (Å²) in [6, 6.07) is 12.6. The van der Waals surface area contributed by atoms with Crippen molar-refractivity contribution in [2.45, 2.75) is 19.8 Å². The lowest BCUT2D eigenvalue weighted by molar-refractivity contribution is 0.102. The minimum Gasteiger partial charge on any atom is -0.495 e. The summed E-state index contributed by atoms with van der Waals surface area (Å²) < 4.78 is 11.7. The maximum absolute atomic E-state index is 12.4. The molecule has 0 aliphatic rings. The van der Waals surface area contributed by atoms with Gasteiger partial charge in [-0.05, 0) is 52.7 Å². The van der Waals surface area contributed by atoms with Crippen LogP contribution in [0.5, 0.6) is 11.5 Å². The summed E-state index contributed by atoms with van der Waals surface area (Å²) in [5.41, 5.74) is 1.19. The minimum absolute atomic E-state index is 0.199. The molecule has 1 N–H and O–H groups in total. The number of carbonyl (C=O) groups excluding carboxylic acids is 1. The summed E-state index contributed by atoms with van der Waals surface area (Å²) in [6.45, 7) is 2.78. The molecule has 5 heteroatoms. The van der Waals surface area contributed by atoms with Crippen LogP contribution >= 0.6 is 15.9 Å². The van der Waals surface area contributed by atoms with E-state index in [4.69, 9.17) is 9.47 Å². The SMILES string of the molecule is CCCCOc1ccc(C(=O)Nc2ccccc2OC)cc1Br. The zero-order valence-electron chi connectivity index (χ0n) is 13.3. The Bertz CT molecular complexity index is 673. The van der Waals surface area contributed by atoms with Crippen LogP contribution in [0.2, 0.25) is 0 Å². The van der Waals surface area contributed by atoms with E-state index in [1.165, 1.54) is 0 Å². The van der Waals surface area contributed by atoms with Crippen molar-refractivity contribution in [1.29, 1.82) is 0 Å². The highest BCUT2D eigenvalue weighted by Gasteiger charge is 2.11. The molecule has 0 saturated heterocycles. The zero-order chi connectivity index (χ0) is 16.7. The molecule has 0 spiro atoms. The summed E-state index contributed by atoms with van der Waals surface area (Å²) >= 11 is 3.45. The van der Waals surface area contributed by atoms with Crippen LogP contribution < -0.4 is 14.8 Å². The van der Waals surface area contributed by atoms with E-state index < -0.39 is 0 Å². The largest absolute Gasteiger partial charge is 0.495 e. The second-order valence-corrected chi connectivity index (χ2v) is 5.86. The van der Waals surface area contributed by atoms with Gasteiger partial charge in [-0.1, -0.05) is 25.5 Å². The van der Waals surface area contributed by atoms with Gasteiger partial charge in [0.2, 0.25) is 0 Å². The number of ether oxygens (including phenoxy) is 2. The average molecular weight is 378 g/mol. The molecule has 2 aromatic rings. The lowest BCUT2D eigenvalue weighted by Gasteiger charge is -2.11. The van der Waals surface area contributed by atoms with Crippen LogP contribution in [0.4, 0.5) is 5.69 Å². The molecule has 0 aliphatic heterocycles. The number of benzene rings is 2. The number of para-hydroxylation sites is 2. The van der Waals surface area contributed by atoms with Crippen LogP contribution in [0.25, 0.3) is 0 Å². The van der Waals surface area contributed by atoms with E-state index in [1.54, 1.807) is 37.4 Å². The van der Waals surface area contributed by atoms with E-state index in [1.807, 2.05) is 12.1 Å². The normalized spacial score (nSPS) is 10.2. The fraction of sp³-hybridized carbons (Fsp3) is 0.278. The van der Waals surface area contributed by atoms with Gasteiger partial charge >= 0.3 is 0 Å². The van der Waals surface area contributed by atoms with Gasteiger partial charge in [0.1, 0.15) is 11.5 Å². The van der Waals surface area contributed by atoms with Gasteiger partial charge in [-0.25, -0.2) is 0 Å². The Morgan fingerprint density at radius 3 is 2.65 bits per heavy atom. The van der Waals surface area contributed by atoms with Crippen molar-refractivity contribution in [2.24, 2.45) is 0 Å². The second kappa shape index (κ2) is 8.58. The maximum Gasteiger partial charge on any atom is 0.255 e. The Kier molecular flexibility index (Phi) is 6.47. The fourth-order valence-electron chi connectivity index (χ4n) is 2.03. The summed E-state index contributed by atoms with van der Waals surface area (Å²) in [7, 11) is 1.57. The van der Waals surface area contributed by atoms with Crippen molar-refractivity contribution >= 4 is 27.5 Å². The number of hydrogen-bond acceptors (Lipinski definition) is 3. The molecule has 0 aliphatic carbocycles. The first kappa shape index (κ1) is 17.3. The first-order chi connectivity index (χ1) is 11.2. The third-order valence-corrected chi connectivity index (χ3v) is 3.92. The van der Waals surface area contributed by atoms with E-state index in [-0.39, 0.29) is 5.91 Å². The number of nitrogens with one attached hydrogen (secondary N) is 1. The van der Waals surface area contributed by atoms with E-state index in [0.717, 1.165) is 23.1 Å². The number of anilines is 1. The number of carbonyl (C=O) groups is 1. The molecule has 0 aromatic heterocycles. The predicted molar refractivity (Wildman–Crippen MR) is 95.5 cm³/mol. The summed E-state index contributed by atoms with van der Waals surface area (Å²) in [5.74, 6) is 1.17. The molecule has 23 heavy (non-hydrogen) atoms. The molecule has 0 unspecified atom stereocenters. The van der Waals surface area contributed by atoms with Crippen molar-refractivity contribution < 1.29 is 14.3 Å². The van der Waals surface area contributed by atoms with Gasteiger partial charge < -0.3 is 14.8 Å². The summed E-state index contributed by atoms with van der Waals surface area (Å²) in [5, 5.41) is 2.85. The molecular weight excluding hydrogens is 358 g/mol. The zero-order valence-corrected chi connectivity index (χ0v) is 14.9. The molecule has 0 heterocycles. The molecule has 0 radical (unpaired) electrons. The number of unbranched alkanes of at least 4 members (excludes halogenated alkanes) is 1. The summed E-state index contributed by atoms with van der Waals surface area (Å²) in [4.78, 5) is 12.4. The van der Waals surface area contributed by atoms with Crippen LogP contribution in [0, 0.1) is 0 Å². The highest BCUT2D eigenvalue weighted by atomic mass is 79.9. The molecule has 0 atom stereocenters. The predicted octanol–water partition coefficient (Wildman–Crippen LogP) is 4.89. The van der Waals surface area contributed by atoms with Gasteiger partial charge in [-0.15, -0.1) is 0 Å². The van der Waals surface area contributed by atoms with Crippen LogP contribution in [0.1, 0.15) is 30.1 Å². The average Bonchev–Trinajstić information content (AvgIpc) is 2.57. The van der Waals surface area contributed by atoms with Crippen LogP contribution in [-0.2, 0) is 0 Å². The van der Waals surface area contributed by atoms with Crippen molar-refractivity contribution in [2.75, 3.05) is 19.0 Å². The number of amides is 1. The third-order valence-electron chi connectivity index (χ3n) is 3.30. The second-order valence-electron chi connectivity index (χ2n) is 5.00. The fourth-order valence-corrected chi connectivity index (χ4v) is 2.52. The molecular formula is C18H20BrNO3. The van der Waals surface area contributed by atoms with Gasteiger partial charge in [-0.2, -0.15) is 0 Å². The van der Waals surface area contributed by atoms with E-state index in [9.17, 15) is 4.79 Å². The van der Waals surface area contributed by atoms with Crippen molar-refractivity contribution in [3.8, 4) is 11.5 Å². The lowest BCUT2D eigenvalue weighted by Crippen LogP contribution is -2.12. The van der Waals surface area contributed by atoms with E-state index >= 15 is 0 Å². The van der Waals surface area contributed by atoms with Gasteiger partial charge in [-0.3, -0.25) is 4.79 Å². The smallest absolute Gasteiger partial charge is 0.255 e. The van der Waals surface area contributed by atoms with Crippen LogP contribution in [-0.4, -0.2) is 19.6 Å². The first-order valence-corrected chi connectivity index (χ1v) is 8.31. The van der Waals surface area contributed by atoms with E-state index in [0.29, 0.717) is 23.6 Å². The summed E-state index contributed by atoms with van der Waals surface area (Å²) in [6.07, 6.45) is 2.08. The van der Waals surface area contributed by atoms with Gasteiger partial charge in [0.25, 0.3) is 5.91 Å². The quantitative estimate of drug-likeness (QED) is 0.698. The lowest BCUT2D eigenvalue weighted by atomic mass is 10.2. The van der Waals surface area contributed by atoms with Crippen molar-refractivity contribution in [3.05, 3.63) is 52.5 Å². The Morgan fingerprint density at radius 1 is 1.17 bits per heavy atom. The van der Waals surface area contributed by atoms with Crippen LogP contribution in [0.15, 0.2) is 46.9 Å². The number of halogens is 1. The van der Waals surface area contributed by atoms with Gasteiger partial charge in [0.05, 0.1) is 23.9 Å². The Morgan fingerprint density at radius 2 is 1.96 bits per heavy atom. The number of rotatable bonds is 7. The molecule has 1 amide bonds. The molecule has 0 bridgehead atoms. The van der Waals surface area contributed by atoms with Crippen molar-refractivity contribution in [1.82, 2.24) is 0 Å².